The lowest BCUT2D eigenvalue weighted by atomic mass is 10.1. The Labute approximate surface area is 171 Å². The van der Waals surface area contributed by atoms with Crippen LogP contribution in [0.15, 0.2) is 34.1 Å². The molecule has 30 heavy (non-hydrogen) atoms. The number of carbonyl (C=O) groups excluding carboxylic acids is 1. The van der Waals surface area contributed by atoms with Crippen LogP contribution < -0.4 is 5.56 Å². The first-order chi connectivity index (χ1) is 13.9. The minimum Gasteiger partial charge on any atom is -0.339 e. The van der Waals surface area contributed by atoms with Crippen molar-refractivity contribution in [3.8, 4) is 0 Å². The SMILES string of the molecule is Cc1cc(C(=O)Cn2cc(S(=O)(=O)N3CCCC3)ccc2=O)c(C)n1CC(F)(F)F. The lowest BCUT2D eigenvalue weighted by Crippen LogP contribution is -2.30. The van der Waals surface area contributed by atoms with Gasteiger partial charge in [-0.1, -0.05) is 0 Å². The van der Waals surface area contributed by atoms with Gasteiger partial charge in [-0.05, 0) is 38.8 Å². The summed E-state index contributed by atoms with van der Waals surface area (Å²) in [6.07, 6.45) is -1.82. The lowest BCUT2D eigenvalue weighted by molar-refractivity contribution is -0.141. The fraction of sp³-hybridized carbons (Fsp3) is 0.474. The van der Waals surface area contributed by atoms with E-state index in [-0.39, 0.29) is 21.8 Å². The summed E-state index contributed by atoms with van der Waals surface area (Å²) in [5, 5.41) is 0. The van der Waals surface area contributed by atoms with Gasteiger partial charge in [-0.2, -0.15) is 17.5 Å². The zero-order valence-electron chi connectivity index (χ0n) is 16.6. The molecule has 0 radical (unpaired) electrons. The monoisotopic (exact) mass is 445 g/mol. The van der Waals surface area contributed by atoms with Crippen LogP contribution in [-0.2, 0) is 23.1 Å². The van der Waals surface area contributed by atoms with E-state index in [0.29, 0.717) is 13.1 Å². The first-order valence-corrected chi connectivity index (χ1v) is 10.8. The second-order valence-corrected chi connectivity index (χ2v) is 9.29. The number of Topliss-reactive ketones (excluding diaryl/α,β-unsaturated/α-hetero) is 1. The molecule has 0 saturated carbocycles. The van der Waals surface area contributed by atoms with Gasteiger partial charge in [-0.25, -0.2) is 8.42 Å². The molecular weight excluding hydrogens is 423 g/mol. The van der Waals surface area contributed by atoms with Crippen molar-refractivity contribution in [1.82, 2.24) is 13.4 Å². The van der Waals surface area contributed by atoms with Gasteiger partial charge in [0.05, 0.1) is 11.4 Å². The molecule has 0 aliphatic carbocycles. The highest BCUT2D eigenvalue weighted by molar-refractivity contribution is 7.89. The van der Waals surface area contributed by atoms with Crippen LogP contribution >= 0.6 is 0 Å². The van der Waals surface area contributed by atoms with E-state index >= 15 is 0 Å². The largest absolute Gasteiger partial charge is 0.406 e. The Morgan fingerprint density at radius 3 is 2.37 bits per heavy atom. The topological polar surface area (TPSA) is 81.4 Å². The summed E-state index contributed by atoms with van der Waals surface area (Å²) in [5.74, 6) is -0.575. The van der Waals surface area contributed by atoms with Gasteiger partial charge in [0.15, 0.2) is 5.78 Å². The minimum atomic E-state index is -4.44. The van der Waals surface area contributed by atoms with Crippen molar-refractivity contribution in [2.45, 2.75) is 50.9 Å². The van der Waals surface area contributed by atoms with Crippen LogP contribution in [0.5, 0.6) is 0 Å². The Morgan fingerprint density at radius 1 is 1.13 bits per heavy atom. The molecule has 0 N–H and O–H groups in total. The van der Waals surface area contributed by atoms with E-state index in [1.165, 1.54) is 30.3 Å². The van der Waals surface area contributed by atoms with Crippen molar-refractivity contribution in [2.75, 3.05) is 13.1 Å². The maximum Gasteiger partial charge on any atom is 0.406 e. The third-order valence-corrected chi connectivity index (χ3v) is 7.07. The lowest BCUT2D eigenvalue weighted by Gasteiger charge is -2.16. The highest BCUT2D eigenvalue weighted by atomic mass is 32.2. The molecule has 0 unspecified atom stereocenters. The molecule has 7 nitrogen and oxygen atoms in total. The number of hydrogen-bond donors (Lipinski definition) is 0. The van der Waals surface area contributed by atoms with Crippen LogP contribution in [0.25, 0.3) is 0 Å². The summed E-state index contributed by atoms with van der Waals surface area (Å²) in [6.45, 7) is 1.96. The smallest absolute Gasteiger partial charge is 0.339 e. The number of sulfonamides is 1. The van der Waals surface area contributed by atoms with Gasteiger partial charge in [0.25, 0.3) is 5.56 Å². The summed E-state index contributed by atoms with van der Waals surface area (Å²) < 4.78 is 67.0. The molecule has 1 saturated heterocycles. The van der Waals surface area contributed by atoms with E-state index in [1.807, 2.05) is 0 Å². The number of halogens is 3. The molecule has 0 amide bonds. The Balaban J connectivity index is 1.89. The van der Waals surface area contributed by atoms with Gasteiger partial charge < -0.3 is 9.13 Å². The highest BCUT2D eigenvalue weighted by Gasteiger charge is 2.31. The van der Waals surface area contributed by atoms with Crippen molar-refractivity contribution < 1.29 is 26.4 Å². The van der Waals surface area contributed by atoms with Crippen molar-refractivity contribution in [3.63, 3.8) is 0 Å². The van der Waals surface area contributed by atoms with Gasteiger partial charge in [0, 0.05) is 42.3 Å². The molecule has 0 aromatic carbocycles. The summed E-state index contributed by atoms with van der Waals surface area (Å²) in [4.78, 5) is 24.8. The standard InChI is InChI=1S/C19H22F3N3O4S/c1-13-9-16(14(2)25(13)12-19(20,21)22)17(26)11-23-10-15(5-6-18(23)27)30(28,29)24-7-3-4-8-24/h5-6,9-10H,3-4,7-8,11-12H2,1-2H3. The fourth-order valence-electron chi connectivity index (χ4n) is 3.61. The van der Waals surface area contributed by atoms with Crippen molar-refractivity contribution in [1.29, 1.82) is 0 Å². The summed E-state index contributed by atoms with van der Waals surface area (Å²) in [5.41, 5.74) is -0.0983. The molecule has 2 aromatic rings. The second-order valence-electron chi connectivity index (χ2n) is 7.35. The Hall–Kier alpha value is -2.40. The number of pyridine rings is 1. The van der Waals surface area contributed by atoms with Crippen LogP contribution in [0.2, 0.25) is 0 Å². The van der Waals surface area contributed by atoms with Crippen LogP contribution in [0, 0.1) is 13.8 Å². The van der Waals surface area contributed by atoms with E-state index < -0.39 is 40.6 Å². The predicted octanol–water partition coefficient (Wildman–Crippen LogP) is 2.50. The van der Waals surface area contributed by atoms with E-state index in [2.05, 4.69) is 0 Å². The van der Waals surface area contributed by atoms with Gasteiger partial charge in [-0.3, -0.25) is 9.59 Å². The quantitative estimate of drug-likeness (QED) is 0.640. The maximum atomic E-state index is 12.8. The average Bonchev–Trinajstić information content (AvgIpc) is 3.27. The maximum absolute atomic E-state index is 12.8. The summed E-state index contributed by atoms with van der Waals surface area (Å²) >= 11 is 0. The van der Waals surface area contributed by atoms with Gasteiger partial charge >= 0.3 is 6.18 Å². The average molecular weight is 445 g/mol. The molecular formula is C19H22F3N3O4S. The van der Waals surface area contributed by atoms with Crippen LogP contribution in [0.4, 0.5) is 13.2 Å². The van der Waals surface area contributed by atoms with E-state index in [1.54, 1.807) is 0 Å². The predicted molar refractivity (Wildman–Crippen MR) is 103 cm³/mol. The zero-order chi connectivity index (χ0) is 22.3. The summed E-state index contributed by atoms with van der Waals surface area (Å²) in [6, 6.07) is 3.62. The van der Waals surface area contributed by atoms with E-state index in [0.717, 1.165) is 34.2 Å². The number of carbonyl (C=O) groups is 1. The number of hydrogen-bond acceptors (Lipinski definition) is 4. The number of ketones is 1. The molecule has 0 spiro atoms. The van der Waals surface area contributed by atoms with Crippen LogP contribution in [0.3, 0.4) is 0 Å². The third kappa shape index (κ3) is 4.51. The van der Waals surface area contributed by atoms with Crippen LogP contribution in [0.1, 0.15) is 34.6 Å². The van der Waals surface area contributed by atoms with E-state index in [4.69, 9.17) is 0 Å². The number of rotatable bonds is 6. The number of alkyl halides is 3. The third-order valence-electron chi connectivity index (χ3n) is 5.18. The van der Waals surface area contributed by atoms with Gasteiger partial charge in [0.2, 0.25) is 10.0 Å². The van der Waals surface area contributed by atoms with Crippen molar-refractivity contribution in [3.05, 3.63) is 51.7 Å². The fourth-order valence-corrected chi connectivity index (χ4v) is 5.15. The number of aryl methyl sites for hydroxylation is 1. The summed E-state index contributed by atoms with van der Waals surface area (Å²) in [7, 11) is -3.78. The molecule has 2 aromatic heterocycles. The van der Waals surface area contributed by atoms with Gasteiger partial charge in [0.1, 0.15) is 6.54 Å². The molecule has 3 rings (SSSR count). The minimum absolute atomic E-state index is 0.0662. The first-order valence-electron chi connectivity index (χ1n) is 9.37. The van der Waals surface area contributed by atoms with Crippen LogP contribution in [-0.4, -0.2) is 46.9 Å². The number of aromatic nitrogens is 2. The molecule has 11 heteroatoms. The second kappa shape index (κ2) is 8.03. The Kier molecular flexibility index (Phi) is 5.96. The molecule has 3 heterocycles. The molecule has 1 aliphatic heterocycles. The van der Waals surface area contributed by atoms with Crippen molar-refractivity contribution >= 4 is 15.8 Å². The Morgan fingerprint density at radius 2 is 1.77 bits per heavy atom. The highest BCUT2D eigenvalue weighted by Crippen LogP contribution is 2.24. The Bertz CT molecular complexity index is 1130. The number of nitrogens with zero attached hydrogens (tertiary/aromatic N) is 3. The molecule has 0 atom stereocenters. The normalized spacial score (nSPS) is 15.6. The molecule has 164 valence electrons. The molecule has 0 bridgehead atoms. The molecule has 1 fully saturated rings. The zero-order valence-corrected chi connectivity index (χ0v) is 17.4. The first kappa shape index (κ1) is 22.3. The van der Waals surface area contributed by atoms with Gasteiger partial charge in [-0.15, -0.1) is 0 Å². The van der Waals surface area contributed by atoms with E-state index in [9.17, 15) is 31.2 Å². The molecule has 1 aliphatic rings. The van der Waals surface area contributed by atoms with Crippen molar-refractivity contribution in [2.24, 2.45) is 0 Å².